The molecule has 0 radical (unpaired) electrons. The highest BCUT2D eigenvalue weighted by Crippen LogP contribution is 2.49. The monoisotopic (exact) mass is 640 g/mol. The van der Waals surface area contributed by atoms with Crippen molar-refractivity contribution in [1.29, 1.82) is 0 Å². The average Bonchev–Trinajstić information content (AvgIpc) is 3.84. The average molecular weight is 641 g/mol. The van der Waals surface area contributed by atoms with E-state index < -0.39 is 0 Å². The van der Waals surface area contributed by atoms with Gasteiger partial charge in [-0.1, -0.05) is 103 Å². The molecule has 0 aliphatic carbocycles. The highest BCUT2D eigenvalue weighted by Gasteiger charge is 2.24. The molecule has 0 fully saturated rings. The lowest BCUT2D eigenvalue weighted by molar-refractivity contribution is 0.669. The van der Waals surface area contributed by atoms with Gasteiger partial charge in [0.05, 0.1) is 22.1 Å². The number of benzene rings is 8. The second-order valence-electron chi connectivity index (χ2n) is 12.9. The van der Waals surface area contributed by atoms with Gasteiger partial charge in [0.1, 0.15) is 22.3 Å². The van der Waals surface area contributed by atoms with Crippen LogP contribution >= 0.6 is 0 Å². The smallest absolute Gasteiger partial charge is 0.138 e. The maximum atomic E-state index is 6.57. The summed E-state index contributed by atoms with van der Waals surface area (Å²) in [5, 5.41) is 9.05. The molecule has 0 amide bonds. The second kappa shape index (κ2) is 10.4. The Balaban J connectivity index is 1.28. The normalized spacial score (nSPS) is 12.0. The number of aromatic nitrogens is 1. The van der Waals surface area contributed by atoms with Gasteiger partial charge < -0.3 is 18.3 Å². The van der Waals surface area contributed by atoms with Crippen LogP contribution in [-0.2, 0) is 0 Å². The zero-order valence-corrected chi connectivity index (χ0v) is 26.9. The maximum absolute atomic E-state index is 6.57. The molecule has 234 valence electrons. The van der Waals surface area contributed by atoms with Gasteiger partial charge in [-0.3, -0.25) is 0 Å². The van der Waals surface area contributed by atoms with Gasteiger partial charge in [0.15, 0.2) is 0 Å². The van der Waals surface area contributed by atoms with Gasteiger partial charge in [-0.2, -0.15) is 0 Å². The molecule has 3 aromatic heterocycles. The van der Waals surface area contributed by atoms with Crippen LogP contribution < -0.4 is 4.90 Å². The summed E-state index contributed by atoms with van der Waals surface area (Å²) in [6, 6.07) is 60.1. The predicted octanol–water partition coefficient (Wildman–Crippen LogP) is 13.2. The van der Waals surface area contributed by atoms with Crippen LogP contribution in [0.4, 0.5) is 17.1 Å². The molecule has 0 N–H and O–H groups in total. The minimum Gasteiger partial charge on any atom is -0.456 e. The van der Waals surface area contributed by atoms with Gasteiger partial charge >= 0.3 is 0 Å². The second-order valence-corrected chi connectivity index (χ2v) is 12.9. The molecule has 11 rings (SSSR count). The van der Waals surface area contributed by atoms with Gasteiger partial charge in [-0.15, -0.1) is 0 Å². The van der Waals surface area contributed by atoms with Gasteiger partial charge in [-0.25, -0.2) is 0 Å². The van der Waals surface area contributed by atoms with E-state index in [1.54, 1.807) is 0 Å². The molecule has 8 aromatic carbocycles. The SMILES string of the molecule is c1ccc(-n2c3ccccc3c3ccc(N(c4ccc5c(c4)oc4ccccc45)c4c5ccccc5cc5oc6ccccc6c45)cc32)cc1. The summed E-state index contributed by atoms with van der Waals surface area (Å²) >= 11 is 0. The molecule has 0 spiro atoms. The Hall–Kier alpha value is -6.78. The van der Waals surface area contributed by atoms with E-state index in [1.165, 1.54) is 16.3 Å². The number of rotatable bonds is 4. The number of hydrogen-bond acceptors (Lipinski definition) is 3. The zero-order chi connectivity index (χ0) is 32.8. The van der Waals surface area contributed by atoms with Gasteiger partial charge in [0.2, 0.25) is 0 Å². The summed E-state index contributed by atoms with van der Waals surface area (Å²) in [4.78, 5) is 2.39. The number of para-hydroxylation sites is 4. The maximum Gasteiger partial charge on any atom is 0.138 e. The third kappa shape index (κ3) is 3.87. The summed E-state index contributed by atoms with van der Waals surface area (Å²) in [6.07, 6.45) is 0. The van der Waals surface area contributed by atoms with Crippen LogP contribution in [0, 0.1) is 0 Å². The number of nitrogens with zero attached hydrogens (tertiary/aromatic N) is 2. The standard InChI is InChI=1S/C46H28N2O2/c1-2-13-30(14-3-1)48-39-19-9-6-16-34(39)35-24-22-31(27-40(35)48)47(32-23-25-37-36-17-7-10-20-41(36)49-43(37)28-32)46-33-15-5-4-12-29(33)26-44-45(46)38-18-8-11-21-42(38)50-44/h1-28H. The Kier molecular flexibility index (Phi) is 5.63. The van der Waals surface area contributed by atoms with E-state index in [4.69, 9.17) is 8.83 Å². The van der Waals surface area contributed by atoms with Crippen molar-refractivity contribution in [1.82, 2.24) is 4.57 Å². The number of hydrogen-bond donors (Lipinski definition) is 0. The summed E-state index contributed by atoms with van der Waals surface area (Å²) < 4.78 is 15.4. The van der Waals surface area contributed by atoms with Crippen molar-refractivity contribution >= 4 is 93.5 Å². The highest BCUT2D eigenvalue weighted by molar-refractivity contribution is 6.22. The number of furan rings is 2. The van der Waals surface area contributed by atoms with Crippen LogP contribution in [0.1, 0.15) is 0 Å². The first-order valence-electron chi connectivity index (χ1n) is 16.9. The molecule has 4 nitrogen and oxygen atoms in total. The summed E-state index contributed by atoms with van der Waals surface area (Å²) in [5.74, 6) is 0. The van der Waals surface area contributed by atoms with E-state index in [2.05, 4.69) is 161 Å². The molecule has 0 atom stereocenters. The number of anilines is 3. The van der Waals surface area contributed by atoms with Gasteiger partial charge in [0.25, 0.3) is 0 Å². The Morgan fingerprint density at radius 2 is 0.960 bits per heavy atom. The van der Waals surface area contributed by atoms with Crippen molar-refractivity contribution in [3.8, 4) is 5.69 Å². The first-order chi connectivity index (χ1) is 24.8. The van der Waals surface area contributed by atoms with Crippen molar-refractivity contribution in [3.63, 3.8) is 0 Å². The van der Waals surface area contributed by atoms with Crippen LogP contribution in [0.15, 0.2) is 179 Å². The zero-order valence-electron chi connectivity index (χ0n) is 26.9. The molecular weight excluding hydrogens is 613 g/mol. The molecule has 0 saturated heterocycles. The fourth-order valence-corrected chi connectivity index (χ4v) is 7.97. The molecule has 0 saturated carbocycles. The first kappa shape index (κ1) is 27.2. The van der Waals surface area contributed by atoms with Crippen molar-refractivity contribution in [2.75, 3.05) is 4.90 Å². The van der Waals surface area contributed by atoms with Crippen LogP contribution in [0.5, 0.6) is 0 Å². The summed E-state index contributed by atoms with van der Waals surface area (Å²) in [7, 11) is 0. The Bertz CT molecular complexity index is 3110. The van der Waals surface area contributed by atoms with Crippen LogP contribution in [-0.4, -0.2) is 4.57 Å². The molecular formula is C46H28N2O2. The molecule has 3 heterocycles. The minimum absolute atomic E-state index is 0.849. The molecule has 4 heteroatoms. The fourth-order valence-electron chi connectivity index (χ4n) is 7.97. The Morgan fingerprint density at radius 1 is 0.380 bits per heavy atom. The van der Waals surface area contributed by atoms with Crippen LogP contribution in [0.3, 0.4) is 0 Å². The van der Waals surface area contributed by atoms with E-state index in [9.17, 15) is 0 Å². The van der Waals surface area contributed by atoms with E-state index in [1.807, 2.05) is 18.2 Å². The quantitative estimate of drug-likeness (QED) is 0.192. The molecule has 0 aliphatic rings. The minimum atomic E-state index is 0.849. The van der Waals surface area contributed by atoms with E-state index in [-0.39, 0.29) is 0 Å². The lowest BCUT2D eigenvalue weighted by atomic mass is 10.0. The molecule has 0 aliphatic heterocycles. The largest absolute Gasteiger partial charge is 0.456 e. The van der Waals surface area contributed by atoms with E-state index in [0.717, 1.165) is 82.9 Å². The molecule has 11 aromatic rings. The van der Waals surface area contributed by atoms with Crippen molar-refractivity contribution < 1.29 is 8.83 Å². The third-order valence-corrected chi connectivity index (χ3v) is 10.1. The van der Waals surface area contributed by atoms with Crippen LogP contribution in [0.25, 0.3) is 82.1 Å². The lowest BCUT2D eigenvalue weighted by Gasteiger charge is -2.28. The van der Waals surface area contributed by atoms with Crippen molar-refractivity contribution in [2.24, 2.45) is 0 Å². The van der Waals surface area contributed by atoms with Crippen molar-refractivity contribution in [2.45, 2.75) is 0 Å². The van der Waals surface area contributed by atoms with Gasteiger partial charge in [-0.05, 0) is 66.0 Å². The Morgan fingerprint density at radius 3 is 1.80 bits per heavy atom. The van der Waals surface area contributed by atoms with Crippen LogP contribution in [0.2, 0.25) is 0 Å². The molecule has 0 unspecified atom stereocenters. The summed E-state index contributed by atoms with van der Waals surface area (Å²) in [5.41, 5.74) is 10.0. The molecule has 50 heavy (non-hydrogen) atoms. The first-order valence-corrected chi connectivity index (χ1v) is 16.9. The predicted molar refractivity (Wildman–Crippen MR) is 208 cm³/mol. The van der Waals surface area contributed by atoms with E-state index >= 15 is 0 Å². The highest BCUT2D eigenvalue weighted by atomic mass is 16.3. The Labute approximate surface area is 286 Å². The van der Waals surface area contributed by atoms with Crippen molar-refractivity contribution in [3.05, 3.63) is 170 Å². The van der Waals surface area contributed by atoms with E-state index in [0.29, 0.717) is 0 Å². The topological polar surface area (TPSA) is 34.5 Å². The molecule has 0 bridgehead atoms. The fraction of sp³-hybridized carbons (Fsp3) is 0. The third-order valence-electron chi connectivity index (χ3n) is 10.1. The van der Waals surface area contributed by atoms with Gasteiger partial charge in [0, 0.05) is 55.4 Å². The summed E-state index contributed by atoms with van der Waals surface area (Å²) in [6.45, 7) is 0. The lowest BCUT2D eigenvalue weighted by Crippen LogP contribution is -2.11. The number of fused-ring (bicyclic) bond motifs is 10.